The first-order chi connectivity index (χ1) is 5.25. The maximum absolute atomic E-state index is 10.7. The molecule has 0 heterocycles. The first-order valence-corrected chi connectivity index (χ1v) is 2.71. The molecule has 0 unspecified atom stereocenters. The highest BCUT2D eigenvalue weighted by Crippen LogP contribution is 2.14. The average Bonchev–Trinajstić information content (AvgIpc) is 2.04. The molecule has 1 aromatic carbocycles. The van der Waals surface area contributed by atoms with Crippen LogP contribution in [0.1, 0.15) is 10.4 Å². The predicted molar refractivity (Wildman–Crippen MR) is 35.1 cm³/mol. The van der Waals surface area contributed by atoms with Crippen LogP contribution in [-0.4, -0.2) is 16.2 Å². The Morgan fingerprint density at radius 2 is 2.20 bits per heavy atom. The molecule has 0 saturated heterocycles. The van der Waals surface area contributed by atoms with Crippen molar-refractivity contribution in [1.82, 2.24) is 0 Å². The Hall–Kier alpha value is -1.51. The van der Waals surface area contributed by atoms with Crippen molar-refractivity contribution in [3.8, 4) is 5.75 Å². The fourth-order valence-electron chi connectivity index (χ4n) is 0.646. The van der Waals surface area contributed by atoms with Crippen molar-refractivity contribution in [2.75, 3.05) is 0 Å². The lowest BCUT2D eigenvalue weighted by Gasteiger charge is -1.95. The average molecular weight is 139 g/mol. The van der Waals surface area contributed by atoms with Crippen molar-refractivity contribution < 1.29 is 15.0 Å². The highest BCUT2D eigenvalue weighted by molar-refractivity contribution is 5.90. The molecule has 52 valence electrons. The van der Waals surface area contributed by atoms with Gasteiger partial charge < -0.3 is 10.2 Å². The van der Waals surface area contributed by atoms with Gasteiger partial charge in [-0.2, -0.15) is 0 Å². The molecule has 3 nitrogen and oxygen atoms in total. The van der Waals surface area contributed by atoms with Gasteiger partial charge in [-0.1, -0.05) is 12.1 Å². The Bertz CT molecular complexity index is 272. The topological polar surface area (TPSA) is 57.5 Å². The van der Waals surface area contributed by atoms with Crippen LogP contribution in [0.4, 0.5) is 0 Å². The number of aromatic carboxylic acids is 1. The Morgan fingerprint density at radius 3 is 2.80 bits per heavy atom. The van der Waals surface area contributed by atoms with E-state index in [2.05, 4.69) is 5.11 Å². The van der Waals surface area contributed by atoms with E-state index in [1.54, 1.807) is 12.1 Å². The second kappa shape index (κ2) is 2.39. The van der Waals surface area contributed by atoms with Gasteiger partial charge in [0.2, 0.25) is 0 Å². The molecule has 0 spiro atoms. The van der Waals surface area contributed by atoms with Crippen molar-refractivity contribution in [2.45, 2.75) is 0 Å². The fraction of sp³-hybridized carbons (Fsp3) is 0. The number of hydrogen-bond donors (Lipinski definition) is 2. The van der Waals surface area contributed by atoms with Crippen LogP contribution in [0.25, 0.3) is 1.43 Å². The van der Waals surface area contributed by atoms with Gasteiger partial charge in [-0.25, -0.2) is 4.79 Å². The van der Waals surface area contributed by atoms with E-state index < -0.39 is 5.97 Å². The number of phenols is 1. The summed E-state index contributed by atoms with van der Waals surface area (Å²) in [6.07, 6.45) is 0. The van der Waals surface area contributed by atoms with Crippen LogP contribution >= 0.6 is 0 Å². The molecule has 10 heavy (non-hydrogen) atoms. The molecule has 3 heteroatoms. The second-order valence-electron chi connectivity index (χ2n) is 1.80. The molecule has 0 amide bonds. The maximum atomic E-state index is 10.7. The Labute approximate surface area is 59.0 Å². The Balaban J connectivity index is 3.03. The summed E-state index contributed by atoms with van der Waals surface area (Å²) in [7, 11) is 0. The van der Waals surface area contributed by atoms with E-state index in [0.717, 1.165) is 0 Å². The van der Waals surface area contributed by atoms with Crippen molar-refractivity contribution in [3.05, 3.63) is 29.8 Å². The van der Waals surface area contributed by atoms with Gasteiger partial charge >= 0.3 is 5.97 Å². The van der Waals surface area contributed by atoms with E-state index in [-0.39, 0.29) is 11.3 Å². The van der Waals surface area contributed by atoms with Crippen molar-refractivity contribution in [3.63, 3.8) is 0 Å². The largest absolute Gasteiger partial charge is 0.507 e. The summed E-state index contributed by atoms with van der Waals surface area (Å²) >= 11 is 0. The number of carboxylic acids is 1. The quantitative estimate of drug-likeness (QED) is 0.612. The third-order valence-electron chi connectivity index (χ3n) is 1.12. The second-order valence-corrected chi connectivity index (χ2v) is 1.80. The van der Waals surface area contributed by atoms with Crippen LogP contribution in [-0.2, 0) is 0 Å². The summed E-state index contributed by atoms with van der Waals surface area (Å²) in [6.45, 7) is 0. The molecular weight excluding hydrogens is 132 g/mol. The number of para-hydroxylation sites is 1. The van der Waals surface area contributed by atoms with Gasteiger partial charge in [-0.05, 0) is 12.1 Å². The summed E-state index contributed by atoms with van der Waals surface area (Å²) < 4.78 is 6.28. The van der Waals surface area contributed by atoms with Crippen LogP contribution in [0.15, 0.2) is 24.3 Å². The summed E-state index contributed by atoms with van der Waals surface area (Å²) in [5, 5.41) is 12.7. The van der Waals surface area contributed by atoms with E-state index in [4.69, 9.17) is 6.54 Å². The first kappa shape index (κ1) is 5.29. The summed E-state index contributed by atoms with van der Waals surface area (Å²) in [5.41, 5.74) is 0.00231. The first-order valence-electron chi connectivity index (χ1n) is 3.12. The fourth-order valence-corrected chi connectivity index (χ4v) is 0.646. The van der Waals surface area contributed by atoms with Gasteiger partial charge in [0, 0.05) is 0 Å². The molecule has 0 atom stereocenters. The number of rotatable bonds is 1. The number of aromatic hydroxyl groups is 1. The highest BCUT2D eigenvalue weighted by Gasteiger charge is 2.05. The molecule has 0 aliphatic heterocycles. The number of benzene rings is 1. The molecule has 0 bridgehead atoms. The molecule has 0 saturated carbocycles. The SMILES string of the molecule is [2H]OC(=O)c1ccccc1O. The van der Waals surface area contributed by atoms with Gasteiger partial charge in [0.15, 0.2) is 0 Å². The molecule has 0 aliphatic carbocycles. The Morgan fingerprint density at radius 1 is 1.50 bits per heavy atom. The van der Waals surface area contributed by atoms with Crippen molar-refractivity contribution in [2.24, 2.45) is 0 Å². The lowest BCUT2D eigenvalue weighted by atomic mass is 10.2. The number of carbonyl (C=O) groups is 1. The third-order valence-corrected chi connectivity index (χ3v) is 1.12. The standard InChI is InChI=1S/C7H6O3/c8-6-4-2-1-3-5(6)7(9)10/h1-4,8H,(H,9,10)/i/hD. The molecule has 1 aromatic rings. The van der Waals surface area contributed by atoms with E-state index in [1.165, 1.54) is 12.1 Å². The zero-order valence-electron chi connectivity index (χ0n) is 6.07. The molecule has 0 aliphatic rings. The summed E-state index contributed by atoms with van der Waals surface area (Å²) in [6, 6.07) is 5.89. The molecule has 2 N–H and O–H groups in total. The van der Waals surface area contributed by atoms with E-state index >= 15 is 0 Å². The minimum absolute atomic E-state index is 0.00231. The van der Waals surface area contributed by atoms with Crippen LogP contribution < -0.4 is 0 Å². The monoisotopic (exact) mass is 139 g/mol. The van der Waals surface area contributed by atoms with Crippen LogP contribution in [0, 0.1) is 0 Å². The van der Waals surface area contributed by atoms with Gasteiger partial charge in [-0.15, -0.1) is 0 Å². The van der Waals surface area contributed by atoms with Gasteiger partial charge in [0.25, 0.3) is 1.43 Å². The minimum atomic E-state index is -0.858. The normalized spacial score (nSPS) is 10.2. The Kier molecular flexibility index (Phi) is 1.26. The summed E-state index contributed by atoms with van der Waals surface area (Å²) in [5.74, 6) is -1.03. The molecule has 1 rings (SSSR count). The van der Waals surface area contributed by atoms with Crippen LogP contribution in [0.2, 0.25) is 0 Å². The van der Waals surface area contributed by atoms with Gasteiger partial charge in [-0.3, -0.25) is 0 Å². The van der Waals surface area contributed by atoms with Crippen LogP contribution in [0.3, 0.4) is 0 Å². The molecular formula is C7H6O3. The zero-order valence-corrected chi connectivity index (χ0v) is 5.07. The maximum Gasteiger partial charge on any atom is 0.339 e. The van der Waals surface area contributed by atoms with Crippen molar-refractivity contribution >= 4 is 5.97 Å². The number of hydrogen-bond acceptors (Lipinski definition) is 3. The van der Waals surface area contributed by atoms with Gasteiger partial charge in [0.05, 0.1) is 0 Å². The lowest BCUT2D eigenvalue weighted by Crippen LogP contribution is -1.95. The molecule has 0 fully saturated rings. The van der Waals surface area contributed by atoms with E-state index in [1.807, 2.05) is 0 Å². The lowest BCUT2D eigenvalue weighted by molar-refractivity contribution is 0.0694. The molecule has 0 aromatic heterocycles. The smallest absolute Gasteiger partial charge is 0.339 e. The third kappa shape index (κ3) is 1.07. The molecule has 0 radical (unpaired) electrons. The number of carboxylic acid groups (broad SMARTS) is 1. The van der Waals surface area contributed by atoms with E-state index in [9.17, 15) is 4.79 Å². The predicted octanol–water partition coefficient (Wildman–Crippen LogP) is 1.09. The van der Waals surface area contributed by atoms with Gasteiger partial charge in [0.1, 0.15) is 11.3 Å². The van der Waals surface area contributed by atoms with E-state index in [0.29, 0.717) is 0 Å². The summed E-state index contributed by atoms with van der Waals surface area (Å²) in [4.78, 5) is 10.7. The minimum Gasteiger partial charge on any atom is -0.507 e. The highest BCUT2D eigenvalue weighted by atomic mass is 16.4. The van der Waals surface area contributed by atoms with Crippen molar-refractivity contribution in [1.29, 1.82) is 1.43 Å². The van der Waals surface area contributed by atoms with Crippen LogP contribution in [0.5, 0.6) is 5.75 Å². The zero-order chi connectivity index (χ0) is 8.27.